The molecule has 1 unspecified atom stereocenters. The van der Waals surface area contributed by atoms with Gasteiger partial charge in [0.1, 0.15) is 0 Å². The molecule has 0 bridgehead atoms. The molecule has 0 saturated carbocycles. The first-order chi connectivity index (χ1) is 11.8. The summed E-state index contributed by atoms with van der Waals surface area (Å²) < 4.78 is 5.61. The van der Waals surface area contributed by atoms with Crippen molar-refractivity contribution in [3.8, 4) is 0 Å². The third-order valence-corrected chi connectivity index (χ3v) is 4.32. The Bertz CT molecular complexity index is 648. The van der Waals surface area contributed by atoms with Gasteiger partial charge in [-0.15, -0.1) is 5.10 Å². The number of ether oxygens (including phenoxy) is 1. The molecular weight excluding hydrogens is 302 g/mol. The summed E-state index contributed by atoms with van der Waals surface area (Å²) in [6, 6.07) is 6.40. The largest absolute Gasteiger partial charge is 0.376 e. The van der Waals surface area contributed by atoms with Crippen LogP contribution in [-0.4, -0.2) is 34.4 Å². The van der Waals surface area contributed by atoms with E-state index in [9.17, 15) is 0 Å². The molecule has 1 aromatic heterocycles. The molecule has 6 heteroatoms. The van der Waals surface area contributed by atoms with E-state index in [4.69, 9.17) is 4.74 Å². The molecule has 2 aromatic rings. The van der Waals surface area contributed by atoms with Gasteiger partial charge in [0.15, 0.2) is 5.82 Å². The molecule has 1 aromatic carbocycles. The molecule has 0 spiro atoms. The van der Waals surface area contributed by atoms with E-state index >= 15 is 0 Å². The van der Waals surface area contributed by atoms with Gasteiger partial charge in [0.05, 0.1) is 12.3 Å². The van der Waals surface area contributed by atoms with E-state index in [-0.39, 0.29) is 6.10 Å². The fraction of sp³-hybridized carbons (Fsp3) is 0.500. The Hall–Kier alpha value is -2.21. The molecule has 1 aliphatic rings. The van der Waals surface area contributed by atoms with Crippen molar-refractivity contribution in [2.24, 2.45) is 0 Å². The number of rotatable bonds is 7. The number of nitrogens with one attached hydrogen (secondary N) is 2. The van der Waals surface area contributed by atoms with Crippen molar-refractivity contribution >= 4 is 17.5 Å². The van der Waals surface area contributed by atoms with Gasteiger partial charge in [-0.3, -0.25) is 0 Å². The minimum atomic E-state index is 0.248. The van der Waals surface area contributed by atoms with Gasteiger partial charge in [-0.25, -0.2) is 0 Å². The van der Waals surface area contributed by atoms with E-state index in [0.29, 0.717) is 11.8 Å². The second-order valence-electron chi connectivity index (χ2n) is 5.96. The molecule has 128 valence electrons. The summed E-state index contributed by atoms with van der Waals surface area (Å²) in [5, 5.41) is 14.8. The molecule has 2 heterocycles. The molecule has 24 heavy (non-hydrogen) atoms. The molecule has 0 amide bonds. The van der Waals surface area contributed by atoms with E-state index in [0.717, 1.165) is 44.5 Å². The van der Waals surface area contributed by atoms with Gasteiger partial charge in [0.25, 0.3) is 0 Å². The highest BCUT2D eigenvalue weighted by molar-refractivity contribution is 5.65. The standard InChI is InChI=1S/C18H25N5O/c1-3-13-7-5-8-14(4-2)17(13)21-16-12-20-23-18(22-16)19-11-15-9-6-10-24-15/h5,7-8,12,15H,3-4,6,9-11H2,1-2H3,(H2,19,21,22,23). The third kappa shape index (κ3) is 4.00. The van der Waals surface area contributed by atoms with Gasteiger partial charge in [0, 0.05) is 18.8 Å². The number of aromatic nitrogens is 3. The van der Waals surface area contributed by atoms with Crippen LogP contribution in [0.4, 0.5) is 17.5 Å². The molecule has 2 N–H and O–H groups in total. The molecule has 1 aliphatic heterocycles. The number of anilines is 3. The second kappa shape index (κ2) is 8.06. The molecular formula is C18H25N5O. The Morgan fingerprint density at radius 2 is 2.00 bits per heavy atom. The number of hydrogen-bond acceptors (Lipinski definition) is 6. The van der Waals surface area contributed by atoms with Gasteiger partial charge in [0.2, 0.25) is 5.95 Å². The van der Waals surface area contributed by atoms with Crippen molar-refractivity contribution in [1.29, 1.82) is 0 Å². The average Bonchev–Trinajstić information content (AvgIpc) is 3.14. The Morgan fingerprint density at radius 1 is 1.21 bits per heavy atom. The molecule has 0 radical (unpaired) electrons. The van der Waals surface area contributed by atoms with Crippen molar-refractivity contribution in [1.82, 2.24) is 15.2 Å². The lowest BCUT2D eigenvalue weighted by atomic mass is 10.0. The normalized spacial score (nSPS) is 17.0. The lowest BCUT2D eigenvalue weighted by molar-refractivity contribution is 0.120. The zero-order valence-electron chi connectivity index (χ0n) is 14.4. The SMILES string of the molecule is CCc1cccc(CC)c1Nc1cnnc(NCC2CCCO2)n1. The van der Waals surface area contributed by atoms with Crippen molar-refractivity contribution in [2.45, 2.75) is 45.6 Å². The zero-order valence-corrected chi connectivity index (χ0v) is 14.4. The molecule has 1 atom stereocenters. The van der Waals surface area contributed by atoms with Gasteiger partial charge >= 0.3 is 0 Å². The molecule has 3 rings (SSSR count). The summed E-state index contributed by atoms with van der Waals surface area (Å²) in [6.45, 7) is 5.89. The summed E-state index contributed by atoms with van der Waals surface area (Å²) >= 11 is 0. The maximum absolute atomic E-state index is 5.61. The predicted octanol–water partition coefficient (Wildman–Crippen LogP) is 3.33. The highest BCUT2D eigenvalue weighted by atomic mass is 16.5. The second-order valence-corrected chi connectivity index (χ2v) is 5.96. The fourth-order valence-electron chi connectivity index (χ4n) is 2.98. The van der Waals surface area contributed by atoms with E-state index in [2.05, 4.69) is 57.9 Å². The lowest BCUT2D eigenvalue weighted by Gasteiger charge is -2.15. The van der Waals surface area contributed by atoms with Crippen LogP contribution in [0.15, 0.2) is 24.4 Å². The smallest absolute Gasteiger partial charge is 0.244 e. The minimum Gasteiger partial charge on any atom is -0.376 e. The number of nitrogens with zero attached hydrogens (tertiary/aromatic N) is 3. The van der Waals surface area contributed by atoms with Crippen LogP contribution in [-0.2, 0) is 17.6 Å². The molecule has 6 nitrogen and oxygen atoms in total. The highest BCUT2D eigenvalue weighted by Gasteiger charge is 2.15. The number of benzene rings is 1. The van der Waals surface area contributed by atoms with Crippen LogP contribution >= 0.6 is 0 Å². The summed E-state index contributed by atoms with van der Waals surface area (Å²) in [5.41, 5.74) is 3.69. The third-order valence-electron chi connectivity index (χ3n) is 4.32. The summed E-state index contributed by atoms with van der Waals surface area (Å²) in [6.07, 6.45) is 6.06. The van der Waals surface area contributed by atoms with Crippen LogP contribution < -0.4 is 10.6 Å². The Kier molecular flexibility index (Phi) is 5.59. The van der Waals surface area contributed by atoms with Gasteiger partial charge in [-0.2, -0.15) is 10.1 Å². The topological polar surface area (TPSA) is 72.0 Å². The number of aryl methyl sites for hydroxylation is 2. The first kappa shape index (κ1) is 16.6. The van der Waals surface area contributed by atoms with Gasteiger partial charge in [-0.1, -0.05) is 32.0 Å². The Labute approximate surface area is 143 Å². The van der Waals surface area contributed by atoms with Crippen molar-refractivity contribution < 1.29 is 4.74 Å². The number of para-hydroxylation sites is 1. The van der Waals surface area contributed by atoms with E-state index < -0.39 is 0 Å². The quantitative estimate of drug-likeness (QED) is 0.813. The van der Waals surface area contributed by atoms with Crippen LogP contribution in [0, 0.1) is 0 Å². The average molecular weight is 327 g/mol. The lowest BCUT2D eigenvalue weighted by Crippen LogP contribution is -2.20. The fourth-order valence-corrected chi connectivity index (χ4v) is 2.98. The van der Waals surface area contributed by atoms with Crippen LogP contribution in [0.2, 0.25) is 0 Å². The van der Waals surface area contributed by atoms with Crippen LogP contribution in [0.25, 0.3) is 0 Å². The number of hydrogen-bond donors (Lipinski definition) is 2. The first-order valence-corrected chi connectivity index (χ1v) is 8.73. The Balaban J connectivity index is 1.72. The van der Waals surface area contributed by atoms with Crippen molar-refractivity contribution in [3.05, 3.63) is 35.5 Å². The van der Waals surface area contributed by atoms with Gasteiger partial charge in [-0.05, 0) is 36.8 Å². The van der Waals surface area contributed by atoms with E-state index in [1.54, 1.807) is 6.20 Å². The predicted molar refractivity (Wildman–Crippen MR) is 95.8 cm³/mol. The zero-order chi connectivity index (χ0) is 16.8. The molecule has 0 aliphatic carbocycles. The first-order valence-electron chi connectivity index (χ1n) is 8.73. The van der Waals surface area contributed by atoms with Crippen LogP contribution in [0.5, 0.6) is 0 Å². The minimum absolute atomic E-state index is 0.248. The molecule has 1 saturated heterocycles. The maximum Gasteiger partial charge on any atom is 0.244 e. The van der Waals surface area contributed by atoms with E-state index in [1.807, 2.05) is 0 Å². The van der Waals surface area contributed by atoms with E-state index in [1.165, 1.54) is 11.1 Å². The van der Waals surface area contributed by atoms with Crippen molar-refractivity contribution in [2.75, 3.05) is 23.8 Å². The molecule has 1 fully saturated rings. The summed E-state index contributed by atoms with van der Waals surface area (Å²) in [5.74, 6) is 1.23. The maximum atomic E-state index is 5.61. The Morgan fingerprint density at radius 3 is 2.67 bits per heavy atom. The summed E-state index contributed by atoms with van der Waals surface area (Å²) in [7, 11) is 0. The summed E-state index contributed by atoms with van der Waals surface area (Å²) in [4.78, 5) is 4.53. The van der Waals surface area contributed by atoms with Crippen LogP contribution in [0.3, 0.4) is 0 Å². The van der Waals surface area contributed by atoms with Gasteiger partial charge < -0.3 is 15.4 Å². The van der Waals surface area contributed by atoms with Crippen LogP contribution in [0.1, 0.15) is 37.8 Å². The van der Waals surface area contributed by atoms with Crippen molar-refractivity contribution in [3.63, 3.8) is 0 Å². The highest BCUT2D eigenvalue weighted by Crippen LogP contribution is 2.25. The monoisotopic (exact) mass is 327 g/mol.